The van der Waals surface area contributed by atoms with Gasteiger partial charge < -0.3 is 15.5 Å². The smallest absolute Gasteiger partial charge is 0.383 e. The molecule has 146 valence electrons. The summed E-state index contributed by atoms with van der Waals surface area (Å²) in [6.45, 7) is 5.45. The average molecular weight is 420 g/mol. The number of nitrogen functional groups attached to an aromatic ring is 1. The number of likely N-dealkylation sites (N-methyl/N-ethyl adjacent to an activating group) is 1. The van der Waals surface area contributed by atoms with Crippen LogP contribution in [0.4, 0.5) is 24.9 Å². The summed E-state index contributed by atoms with van der Waals surface area (Å²) in [7, 11) is 0. The Balaban J connectivity index is 2.07. The summed E-state index contributed by atoms with van der Waals surface area (Å²) in [5.74, 6) is -0.281. The summed E-state index contributed by atoms with van der Waals surface area (Å²) in [4.78, 5) is 11.9. The van der Waals surface area contributed by atoms with Crippen LogP contribution in [0.25, 0.3) is 11.1 Å². The molecule has 0 bridgehead atoms. The normalized spacial score (nSPS) is 16.0. The minimum absolute atomic E-state index is 0.0209. The van der Waals surface area contributed by atoms with E-state index < -0.39 is 11.9 Å². The molecule has 0 amide bonds. The first-order valence-corrected chi connectivity index (χ1v) is 9.13. The number of nitrogens with zero attached hydrogens (tertiary/aromatic N) is 4. The van der Waals surface area contributed by atoms with E-state index in [2.05, 4.69) is 14.9 Å². The van der Waals surface area contributed by atoms with Crippen LogP contribution in [0.5, 0.6) is 0 Å². The van der Waals surface area contributed by atoms with Crippen LogP contribution in [-0.2, 0) is 6.18 Å². The number of hydrogen-bond acceptors (Lipinski definition) is 5. The van der Waals surface area contributed by atoms with Gasteiger partial charge in [0, 0.05) is 36.2 Å². The van der Waals surface area contributed by atoms with Gasteiger partial charge in [-0.25, -0.2) is 4.98 Å². The fourth-order valence-electron chi connectivity index (χ4n) is 3.06. The van der Waals surface area contributed by atoms with Crippen LogP contribution >= 0.6 is 23.2 Å². The largest absolute Gasteiger partial charge is 0.434 e. The summed E-state index contributed by atoms with van der Waals surface area (Å²) in [6, 6.07) is 4.15. The van der Waals surface area contributed by atoms with Gasteiger partial charge in [0.25, 0.3) is 0 Å². The number of halogens is 5. The Morgan fingerprint density at radius 3 is 2.15 bits per heavy atom. The quantitative estimate of drug-likeness (QED) is 0.807. The maximum absolute atomic E-state index is 13.7. The van der Waals surface area contributed by atoms with Crippen LogP contribution in [0.1, 0.15) is 12.6 Å². The highest BCUT2D eigenvalue weighted by Crippen LogP contribution is 2.40. The molecule has 1 aromatic carbocycles. The summed E-state index contributed by atoms with van der Waals surface area (Å²) < 4.78 is 41.2. The minimum Gasteiger partial charge on any atom is -0.383 e. The highest BCUT2D eigenvalue weighted by atomic mass is 35.5. The number of alkyl halides is 3. The van der Waals surface area contributed by atoms with Gasteiger partial charge in [-0.1, -0.05) is 30.1 Å². The van der Waals surface area contributed by atoms with Crippen LogP contribution in [0.15, 0.2) is 18.2 Å². The fraction of sp³-hybridized carbons (Fsp3) is 0.412. The zero-order valence-corrected chi connectivity index (χ0v) is 16.0. The topological polar surface area (TPSA) is 58.3 Å². The predicted octanol–water partition coefficient (Wildman–Crippen LogP) is 4.19. The van der Waals surface area contributed by atoms with E-state index in [4.69, 9.17) is 28.9 Å². The Bertz CT molecular complexity index is 816. The number of aromatic nitrogens is 2. The van der Waals surface area contributed by atoms with Gasteiger partial charge in [-0.2, -0.15) is 18.2 Å². The summed E-state index contributed by atoms with van der Waals surface area (Å²) >= 11 is 11.9. The second-order valence-electron chi connectivity index (χ2n) is 6.21. The molecule has 0 saturated carbocycles. The Morgan fingerprint density at radius 1 is 1.04 bits per heavy atom. The molecule has 2 N–H and O–H groups in total. The number of benzene rings is 1. The molecule has 0 aliphatic carbocycles. The third-order valence-electron chi connectivity index (χ3n) is 4.45. The lowest BCUT2D eigenvalue weighted by atomic mass is 10.0. The van der Waals surface area contributed by atoms with E-state index >= 15 is 0 Å². The molecule has 0 spiro atoms. The van der Waals surface area contributed by atoms with Gasteiger partial charge in [0.15, 0.2) is 5.69 Å². The van der Waals surface area contributed by atoms with E-state index in [1.807, 2.05) is 6.92 Å². The van der Waals surface area contributed by atoms with Crippen molar-refractivity contribution in [1.82, 2.24) is 14.9 Å². The lowest BCUT2D eigenvalue weighted by molar-refractivity contribution is -0.140. The SMILES string of the molecule is CCN1CCN(c2nc(N)c(-c3cc(Cl)cc(Cl)c3)c(C(F)(F)F)n2)CC1. The second-order valence-corrected chi connectivity index (χ2v) is 7.08. The first-order chi connectivity index (χ1) is 12.7. The van der Waals surface area contributed by atoms with Gasteiger partial charge in [-0.15, -0.1) is 0 Å². The van der Waals surface area contributed by atoms with Gasteiger partial charge in [0.2, 0.25) is 5.95 Å². The minimum atomic E-state index is -4.71. The molecule has 1 aliphatic rings. The van der Waals surface area contributed by atoms with Crippen LogP contribution < -0.4 is 10.6 Å². The Kier molecular flexibility index (Phi) is 5.69. The zero-order chi connectivity index (χ0) is 19.8. The highest BCUT2D eigenvalue weighted by Gasteiger charge is 2.38. The van der Waals surface area contributed by atoms with E-state index in [1.165, 1.54) is 18.2 Å². The maximum atomic E-state index is 13.7. The van der Waals surface area contributed by atoms with E-state index in [0.29, 0.717) is 13.1 Å². The molecule has 1 aliphatic heterocycles. The maximum Gasteiger partial charge on any atom is 0.434 e. The molecular formula is C17H18Cl2F3N5. The van der Waals surface area contributed by atoms with Gasteiger partial charge in [-0.3, -0.25) is 0 Å². The van der Waals surface area contributed by atoms with Crippen molar-refractivity contribution < 1.29 is 13.2 Å². The molecular weight excluding hydrogens is 402 g/mol. The summed E-state index contributed by atoms with van der Waals surface area (Å²) in [6.07, 6.45) is -4.71. The van der Waals surface area contributed by atoms with Crippen molar-refractivity contribution in [2.24, 2.45) is 0 Å². The average Bonchev–Trinajstić information content (AvgIpc) is 2.59. The monoisotopic (exact) mass is 419 g/mol. The second kappa shape index (κ2) is 7.69. The summed E-state index contributed by atoms with van der Waals surface area (Å²) in [5, 5.41) is 0.398. The van der Waals surface area contributed by atoms with Crippen molar-refractivity contribution >= 4 is 35.0 Å². The van der Waals surface area contributed by atoms with Crippen LogP contribution in [0, 0.1) is 0 Å². The molecule has 10 heteroatoms. The van der Waals surface area contributed by atoms with Crippen molar-refractivity contribution in [1.29, 1.82) is 0 Å². The highest BCUT2D eigenvalue weighted by molar-refractivity contribution is 6.35. The van der Waals surface area contributed by atoms with Crippen LogP contribution in [-0.4, -0.2) is 47.6 Å². The van der Waals surface area contributed by atoms with Crippen molar-refractivity contribution in [3.05, 3.63) is 33.9 Å². The Labute approximate surface area is 164 Å². The molecule has 2 aromatic rings. The Hall–Kier alpha value is -1.77. The van der Waals surface area contributed by atoms with E-state index in [-0.39, 0.29) is 32.9 Å². The van der Waals surface area contributed by atoms with Gasteiger partial charge >= 0.3 is 6.18 Å². The van der Waals surface area contributed by atoms with Crippen LogP contribution in [0.3, 0.4) is 0 Å². The van der Waals surface area contributed by atoms with E-state index in [0.717, 1.165) is 19.6 Å². The van der Waals surface area contributed by atoms with Crippen molar-refractivity contribution in [2.45, 2.75) is 13.1 Å². The first kappa shape index (κ1) is 20.0. The van der Waals surface area contributed by atoms with Gasteiger partial charge in [0.05, 0.1) is 5.56 Å². The van der Waals surface area contributed by atoms with Crippen molar-refractivity contribution in [3.63, 3.8) is 0 Å². The number of rotatable bonds is 3. The van der Waals surface area contributed by atoms with Gasteiger partial charge in [-0.05, 0) is 30.3 Å². The molecule has 27 heavy (non-hydrogen) atoms. The van der Waals surface area contributed by atoms with E-state index in [1.54, 1.807) is 4.90 Å². The van der Waals surface area contributed by atoms with Crippen molar-refractivity contribution in [3.8, 4) is 11.1 Å². The molecule has 1 fully saturated rings. The number of nitrogens with two attached hydrogens (primary N) is 1. The molecule has 2 heterocycles. The van der Waals surface area contributed by atoms with Gasteiger partial charge in [0.1, 0.15) is 5.82 Å². The molecule has 1 aromatic heterocycles. The van der Waals surface area contributed by atoms with Crippen molar-refractivity contribution in [2.75, 3.05) is 43.4 Å². The Morgan fingerprint density at radius 2 is 1.63 bits per heavy atom. The lowest BCUT2D eigenvalue weighted by Crippen LogP contribution is -2.47. The first-order valence-electron chi connectivity index (χ1n) is 8.37. The fourth-order valence-corrected chi connectivity index (χ4v) is 3.59. The van der Waals surface area contributed by atoms with E-state index in [9.17, 15) is 13.2 Å². The molecule has 0 unspecified atom stereocenters. The molecule has 0 atom stereocenters. The molecule has 0 radical (unpaired) electrons. The molecule has 1 saturated heterocycles. The third-order valence-corrected chi connectivity index (χ3v) is 4.88. The standard InChI is InChI=1S/C17H18Cl2F3N5/c1-2-26-3-5-27(6-4-26)16-24-14(17(20,21)22)13(15(23)25-16)10-7-11(18)9-12(19)8-10/h7-9H,2-6H2,1H3,(H2,23,24,25). The number of anilines is 2. The number of piperazine rings is 1. The third kappa shape index (κ3) is 4.39. The molecule has 3 rings (SSSR count). The zero-order valence-electron chi connectivity index (χ0n) is 14.5. The summed E-state index contributed by atoms with van der Waals surface area (Å²) in [5.41, 5.74) is 4.65. The number of hydrogen-bond donors (Lipinski definition) is 1. The molecule has 5 nitrogen and oxygen atoms in total. The lowest BCUT2D eigenvalue weighted by Gasteiger charge is -2.34. The predicted molar refractivity (Wildman–Crippen MR) is 101 cm³/mol. The van der Waals surface area contributed by atoms with Crippen LogP contribution in [0.2, 0.25) is 10.0 Å².